The van der Waals surface area contributed by atoms with E-state index in [1.54, 1.807) is 0 Å². The Balaban J connectivity index is 1.17. The van der Waals surface area contributed by atoms with E-state index in [1.807, 2.05) is 65.7 Å². The van der Waals surface area contributed by atoms with Crippen molar-refractivity contribution < 1.29 is 4.79 Å². The summed E-state index contributed by atoms with van der Waals surface area (Å²) >= 11 is 0. The van der Waals surface area contributed by atoms with Gasteiger partial charge >= 0.3 is 0 Å². The fourth-order valence-electron chi connectivity index (χ4n) is 6.00. The molecule has 7 heteroatoms. The molecule has 4 N–H and O–H groups in total. The van der Waals surface area contributed by atoms with Gasteiger partial charge in [0.05, 0.1) is 17.8 Å². The molecular weight excluding hydrogens is 556 g/mol. The number of nitrogens with zero attached hydrogens (tertiary/aromatic N) is 4. The molecule has 45 heavy (non-hydrogen) atoms. The van der Waals surface area contributed by atoms with E-state index < -0.39 is 0 Å². The third kappa shape index (κ3) is 7.51. The van der Waals surface area contributed by atoms with E-state index in [4.69, 9.17) is 11.5 Å². The molecule has 0 bridgehead atoms. The van der Waals surface area contributed by atoms with Crippen molar-refractivity contribution in [1.82, 2.24) is 9.88 Å². The third-order valence-corrected chi connectivity index (χ3v) is 8.41. The van der Waals surface area contributed by atoms with Crippen LogP contribution in [0, 0.1) is 0 Å². The number of nitrogens with two attached hydrogens (primary N) is 2. The SMILES string of the molecule is NCc1cccc(CN(Cc2cccc(-c3ccc(N4CCN(c5ccccn5)CC4)c(N)c3)c2)C(=O)Cc2ccccc2)c1. The topological polar surface area (TPSA) is 91.7 Å². The molecule has 1 saturated heterocycles. The molecule has 6 rings (SSSR count). The number of rotatable bonds is 10. The Morgan fingerprint density at radius 1 is 0.667 bits per heavy atom. The number of piperazine rings is 1. The zero-order valence-electron chi connectivity index (χ0n) is 25.6. The summed E-state index contributed by atoms with van der Waals surface area (Å²) in [7, 11) is 0. The van der Waals surface area contributed by atoms with Crippen molar-refractivity contribution >= 4 is 23.1 Å². The first-order valence-electron chi connectivity index (χ1n) is 15.5. The molecule has 1 fully saturated rings. The molecule has 1 amide bonds. The van der Waals surface area contributed by atoms with Gasteiger partial charge in [-0.25, -0.2) is 4.98 Å². The number of hydrogen-bond donors (Lipinski definition) is 2. The fraction of sp³-hybridized carbons (Fsp3) is 0.211. The van der Waals surface area contributed by atoms with Gasteiger partial charge in [0.25, 0.3) is 0 Å². The molecule has 0 radical (unpaired) electrons. The van der Waals surface area contributed by atoms with Crippen LogP contribution in [0.1, 0.15) is 22.3 Å². The van der Waals surface area contributed by atoms with Crippen LogP contribution in [0.5, 0.6) is 0 Å². The zero-order valence-corrected chi connectivity index (χ0v) is 25.6. The van der Waals surface area contributed by atoms with Crippen molar-refractivity contribution in [2.45, 2.75) is 26.1 Å². The van der Waals surface area contributed by atoms with Crippen LogP contribution in [-0.2, 0) is 30.8 Å². The highest BCUT2D eigenvalue weighted by Crippen LogP contribution is 2.31. The highest BCUT2D eigenvalue weighted by Gasteiger charge is 2.20. The number of carbonyl (C=O) groups is 1. The second-order valence-corrected chi connectivity index (χ2v) is 11.6. The minimum Gasteiger partial charge on any atom is -0.397 e. The Morgan fingerprint density at radius 3 is 2.02 bits per heavy atom. The Bertz CT molecular complexity index is 1720. The molecule has 1 aliphatic heterocycles. The Hall–Kier alpha value is -5.14. The Kier molecular flexibility index (Phi) is 9.37. The van der Waals surface area contributed by atoms with Crippen molar-refractivity contribution in [3.63, 3.8) is 0 Å². The van der Waals surface area contributed by atoms with Gasteiger partial charge in [-0.15, -0.1) is 0 Å². The molecule has 5 aromatic rings. The largest absolute Gasteiger partial charge is 0.397 e. The highest BCUT2D eigenvalue weighted by molar-refractivity contribution is 5.79. The van der Waals surface area contributed by atoms with Gasteiger partial charge < -0.3 is 26.2 Å². The molecular formula is C38H40N6O. The quantitative estimate of drug-likeness (QED) is 0.196. The van der Waals surface area contributed by atoms with Gasteiger partial charge in [0.2, 0.25) is 5.91 Å². The predicted octanol–water partition coefficient (Wildman–Crippen LogP) is 5.89. The van der Waals surface area contributed by atoms with Gasteiger partial charge in [-0.3, -0.25) is 4.79 Å². The van der Waals surface area contributed by atoms with Crippen LogP contribution >= 0.6 is 0 Å². The average Bonchev–Trinajstić information content (AvgIpc) is 3.09. The minimum atomic E-state index is 0.0847. The van der Waals surface area contributed by atoms with Gasteiger partial charge in [0.15, 0.2) is 0 Å². The van der Waals surface area contributed by atoms with E-state index in [9.17, 15) is 4.79 Å². The average molecular weight is 597 g/mol. The first-order chi connectivity index (χ1) is 22.1. The normalized spacial score (nSPS) is 13.1. The van der Waals surface area contributed by atoms with E-state index in [-0.39, 0.29) is 5.91 Å². The fourth-order valence-corrected chi connectivity index (χ4v) is 6.00. The maximum absolute atomic E-state index is 13.6. The van der Waals surface area contributed by atoms with Crippen LogP contribution in [0.3, 0.4) is 0 Å². The van der Waals surface area contributed by atoms with Crippen molar-refractivity contribution in [1.29, 1.82) is 0 Å². The van der Waals surface area contributed by atoms with Crippen LogP contribution in [0.25, 0.3) is 11.1 Å². The smallest absolute Gasteiger partial charge is 0.227 e. The molecule has 7 nitrogen and oxygen atoms in total. The summed E-state index contributed by atoms with van der Waals surface area (Å²) in [4.78, 5) is 24.7. The molecule has 0 spiro atoms. The molecule has 1 aromatic heterocycles. The number of amides is 1. The lowest BCUT2D eigenvalue weighted by molar-refractivity contribution is -0.131. The van der Waals surface area contributed by atoms with Gasteiger partial charge in [-0.1, -0.05) is 84.9 Å². The van der Waals surface area contributed by atoms with Gasteiger partial charge in [0, 0.05) is 52.0 Å². The molecule has 0 saturated carbocycles. The lowest BCUT2D eigenvalue weighted by Gasteiger charge is -2.37. The number of carbonyl (C=O) groups excluding carboxylic acids is 1. The number of hydrogen-bond acceptors (Lipinski definition) is 6. The maximum Gasteiger partial charge on any atom is 0.227 e. The van der Waals surface area contributed by atoms with Crippen molar-refractivity contribution in [3.05, 3.63) is 144 Å². The summed E-state index contributed by atoms with van der Waals surface area (Å²) in [6, 6.07) is 38.9. The van der Waals surface area contributed by atoms with Crippen LogP contribution in [0.2, 0.25) is 0 Å². The van der Waals surface area contributed by atoms with Crippen LogP contribution in [-0.4, -0.2) is 42.0 Å². The van der Waals surface area contributed by atoms with Gasteiger partial charge in [0.1, 0.15) is 5.82 Å². The summed E-state index contributed by atoms with van der Waals surface area (Å²) in [5, 5.41) is 0. The maximum atomic E-state index is 13.6. The van der Waals surface area contributed by atoms with Gasteiger partial charge in [-0.2, -0.15) is 0 Å². The molecule has 228 valence electrons. The summed E-state index contributed by atoms with van der Waals surface area (Å²) in [5.41, 5.74) is 20.7. The lowest BCUT2D eigenvalue weighted by Crippen LogP contribution is -2.47. The van der Waals surface area contributed by atoms with E-state index >= 15 is 0 Å². The molecule has 4 aromatic carbocycles. The summed E-state index contributed by atoms with van der Waals surface area (Å²) < 4.78 is 0. The number of benzene rings is 4. The third-order valence-electron chi connectivity index (χ3n) is 8.41. The van der Waals surface area contributed by atoms with Crippen LogP contribution in [0.4, 0.5) is 17.2 Å². The Labute approximate surface area is 265 Å². The van der Waals surface area contributed by atoms with Gasteiger partial charge in [-0.05, 0) is 63.7 Å². The highest BCUT2D eigenvalue weighted by atomic mass is 16.2. The first kappa shape index (κ1) is 29.9. The van der Waals surface area contributed by atoms with E-state index in [0.29, 0.717) is 26.1 Å². The number of aromatic nitrogens is 1. The first-order valence-corrected chi connectivity index (χ1v) is 15.5. The van der Waals surface area contributed by atoms with Crippen molar-refractivity contribution in [2.24, 2.45) is 5.73 Å². The summed E-state index contributed by atoms with van der Waals surface area (Å²) in [5.74, 6) is 1.10. The molecule has 2 heterocycles. The second-order valence-electron chi connectivity index (χ2n) is 11.6. The van der Waals surface area contributed by atoms with E-state index in [0.717, 1.165) is 76.8 Å². The molecule has 0 unspecified atom stereocenters. The molecule has 0 aliphatic carbocycles. The lowest BCUT2D eigenvalue weighted by atomic mass is 10.0. The van der Waals surface area contributed by atoms with Crippen LogP contribution < -0.4 is 21.3 Å². The van der Waals surface area contributed by atoms with Crippen molar-refractivity contribution in [2.75, 3.05) is 41.7 Å². The monoisotopic (exact) mass is 596 g/mol. The van der Waals surface area contributed by atoms with E-state index in [2.05, 4.69) is 75.4 Å². The van der Waals surface area contributed by atoms with Crippen molar-refractivity contribution in [3.8, 4) is 11.1 Å². The summed E-state index contributed by atoms with van der Waals surface area (Å²) in [6.07, 6.45) is 2.19. The minimum absolute atomic E-state index is 0.0847. The predicted molar refractivity (Wildman–Crippen MR) is 184 cm³/mol. The number of nitrogen functional groups attached to an aromatic ring is 1. The second kappa shape index (κ2) is 14.1. The zero-order chi connectivity index (χ0) is 31.0. The standard InChI is InChI=1S/C38H40N6O/c39-26-30-10-6-11-31(22-30)27-44(38(45)24-29-8-2-1-3-9-29)28-32-12-7-13-33(23-32)34-15-16-36(35(40)25-34)42-18-20-43(21-19-42)37-14-4-5-17-41-37/h1-17,22-23,25H,18-21,24,26-28,39-40H2. The number of anilines is 3. The van der Waals surface area contributed by atoms with Crippen LogP contribution in [0.15, 0.2) is 121 Å². The summed E-state index contributed by atoms with van der Waals surface area (Å²) in [6.45, 7) is 5.05. The molecule has 0 atom stereocenters. The molecule has 1 aliphatic rings. The van der Waals surface area contributed by atoms with E-state index in [1.165, 1.54) is 0 Å². The number of pyridine rings is 1. The Morgan fingerprint density at radius 2 is 1.31 bits per heavy atom.